The minimum absolute atomic E-state index is 0.500. The van der Waals surface area contributed by atoms with Crippen LogP contribution in [-0.4, -0.2) is 27.4 Å². The molecule has 3 nitrogen and oxygen atoms in total. The molecule has 1 N–H and O–H groups in total. The van der Waals surface area contributed by atoms with E-state index in [9.17, 15) is 0 Å². The molecule has 0 saturated heterocycles. The van der Waals surface area contributed by atoms with Gasteiger partial charge in [-0.25, -0.2) is 0 Å². The summed E-state index contributed by atoms with van der Waals surface area (Å²) in [6.07, 6.45) is 0. The molecular formula is C6H15Cl3NNbO2-2. The molecule has 0 spiro atoms. The van der Waals surface area contributed by atoms with Crippen LogP contribution < -0.4 is 0 Å². The maximum absolute atomic E-state index is 6.21. The number of rotatable bonds is 3. The van der Waals surface area contributed by atoms with E-state index in [0.717, 1.165) is 0 Å². The number of hydrogen-bond acceptors (Lipinski definition) is 2. The van der Waals surface area contributed by atoms with Crippen LogP contribution in [0.25, 0.3) is 5.73 Å². The monoisotopic (exact) mass is 331 g/mol. The number of ether oxygens (including phenoxy) is 2. The summed E-state index contributed by atoms with van der Waals surface area (Å²) in [5.41, 5.74) is 6.21. The summed E-state index contributed by atoms with van der Waals surface area (Å²) in [5.74, 6) is 0. The fourth-order valence-electron chi connectivity index (χ4n) is 0.136. The van der Waals surface area contributed by atoms with Gasteiger partial charge >= 0.3 is 42.8 Å². The Morgan fingerprint density at radius 1 is 1.31 bits per heavy atom. The Hall–Kier alpha value is 1.49. The van der Waals surface area contributed by atoms with Crippen LogP contribution in [0.1, 0.15) is 6.92 Å². The second-order valence-corrected chi connectivity index (χ2v) is 11.4. The first kappa shape index (κ1) is 20.0. The summed E-state index contributed by atoms with van der Waals surface area (Å²) >= 11 is -2.03. The number of methoxy groups -OCH3 is 2. The third kappa shape index (κ3) is 88.3. The van der Waals surface area contributed by atoms with Crippen molar-refractivity contribution in [3.63, 3.8) is 0 Å². The van der Waals surface area contributed by atoms with Gasteiger partial charge in [-0.15, -0.1) is 0 Å². The molecule has 0 bridgehead atoms. The molecule has 0 unspecified atom stereocenters. The van der Waals surface area contributed by atoms with Crippen molar-refractivity contribution in [1.82, 2.24) is 0 Å². The van der Waals surface area contributed by atoms with Gasteiger partial charge in [0.15, 0.2) is 0 Å². The molecule has 0 aromatic rings. The quantitative estimate of drug-likeness (QED) is 0.450. The zero-order valence-electron chi connectivity index (χ0n) is 7.89. The zero-order chi connectivity index (χ0) is 11.1. The van der Waals surface area contributed by atoms with E-state index in [-0.39, 0.29) is 0 Å². The predicted molar refractivity (Wildman–Crippen MR) is 55.6 cm³/mol. The van der Waals surface area contributed by atoms with Crippen LogP contribution in [0.4, 0.5) is 0 Å². The molecule has 0 saturated carbocycles. The fraction of sp³-hybridized carbons (Fsp3) is 0.833. The van der Waals surface area contributed by atoms with Crippen molar-refractivity contribution in [2.75, 3.05) is 27.4 Å². The zero-order valence-corrected chi connectivity index (χ0v) is 12.4. The molecule has 0 aliphatic carbocycles. The number of nitrogens with one attached hydrogen (secondary N) is 1. The molecule has 0 radical (unpaired) electrons. The predicted octanol–water partition coefficient (Wildman–Crippen LogP) is 3.57. The van der Waals surface area contributed by atoms with Crippen LogP contribution in [0, 0.1) is 6.61 Å². The Morgan fingerprint density at radius 2 is 1.62 bits per heavy atom. The molecule has 0 aliphatic heterocycles. The summed E-state index contributed by atoms with van der Waals surface area (Å²) in [6.45, 7) is 4.44. The van der Waals surface area contributed by atoms with Crippen molar-refractivity contribution in [2.45, 2.75) is 6.92 Å². The van der Waals surface area contributed by atoms with Crippen molar-refractivity contribution < 1.29 is 24.7 Å². The first-order valence-electron chi connectivity index (χ1n) is 3.32. The average molecular weight is 332 g/mol. The van der Waals surface area contributed by atoms with Crippen molar-refractivity contribution in [3.05, 3.63) is 12.3 Å². The number of hydrogen-bond donors (Lipinski definition) is 0. The first-order chi connectivity index (χ1) is 6.06. The molecule has 7 heteroatoms. The van der Waals surface area contributed by atoms with E-state index < -0.39 is 15.2 Å². The SMILES string of the molecule is CC[NH-].CO[CH-]COC.[Cl][Nb]([Cl])[Cl]. The topological polar surface area (TPSA) is 42.3 Å². The van der Waals surface area contributed by atoms with Gasteiger partial charge in [-0.1, -0.05) is 13.5 Å². The van der Waals surface area contributed by atoms with Gasteiger partial charge in [-0.2, -0.15) is 13.2 Å². The van der Waals surface area contributed by atoms with Crippen LogP contribution in [0.3, 0.4) is 0 Å². The van der Waals surface area contributed by atoms with Crippen molar-refractivity contribution in [2.24, 2.45) is 0 Å². The molecule has 0 heterocycles. The van der Waals surface area contributed by atoms with Crippen molar-refractivity contribution in [3.8, 4) is 0 Å². The standard InChI is InChI=1S/C4H9O2.C2H6N.3ClH.Nb/c1-5-3-4-6-2;1-2-3;;;;/h3H,4H2,1-2H3;3H,2H2,1H3;3*1H;/q2*-1;;;;+3/p-3. The summed E-state index contributed by atoms with van der Waals surface area (Å²) in [7, 11) is 18.2. The van der Waals surface area contributed by atoms with Gasteiger partial charge in [0.05, 0.1) is 0 Å². The Kier molecular flexibility index (Phi) is 35.9. The van der Waals surface area contributed by atoms with E-state index in [0.29, 0.717) is 13.2 Å². The van der Waals surface area contributed by atoms with Crippen LogP contribution in [-0.2, 0) is 24.7 Å². The van der Waals surface area contributed by atoms with E-state index in [1.807, 2.05) is 0 Å². The Labute approximate surface area is 98.4 Å². The molecular weight excluding hydrogens is 317 g/mol. The molecule has 84 valence electrons. The molecule has 0 fully saturated rings. The fourth-order valence-corrected chi connectivity index (χ4v) is 0.136. The van der Waals surface area contributed by atoms with Crippen LogP contribution >= 0.6 is 27.6 Å². The van der Waals surface area contributed by atoms with Crippen LogP contribution in [0.15, 0.2) is 0 Å². The van der Waals surface area contributed by atoms with E-state index >= 15 is 0 Å². The molecule has 0 atom stereocenters. The van der Waals surface area contributed by atoms with E-state index in [1.165, 1.54) is 0 Å². The van der Waals surface area contributed by atoms with Crippen LogP contribution in [0.2, 0.25) is 0 Å². The van der Waals surface area contributed by atoms with Crippen molar-refractivity contribution in [1.29, 1.82) is 0 Å². The normalized spacial score (nSPS) is 8.31. The van der Waals surface area contributed by atoms with Gasteiger partial charge in [0.25, 0.3) is 0 Å². The number of halogens is 3. The second kappa shape index (κ2) is 23.4. The molecule has 13 heavy (non-hydrogen) atoms. The van der Waals surface area contributed by atoms with Crippen LogP contribution in [0.5, 0.6) is 0 Å². The second-order valence-electron chi connectivity index (χ2n) is 1.40. The third-order valence-corrected chi connectivity index (χ3v) is 0.401. The summed E-state index contributed by atoms with van der Waals surface area (Å²) in [6, 6.07) is 0. The molecule has 0 aromatic heterocycles. The van der Waals surface area contributed by atoms with Gasteiger partial charge in [0, 0.05) is 7.11 Å². The summed E-state index contributed by atoms with van der Waals surface area (Å²) < 4.78 is 9.13. The van der Waals surface area contributed by atoms with E-state index in [4.69, 9.17) is 33.3 Å². The third-order valence-electron chi connectivity index (χ3n) is 0.401. The Balaban J connectivity index is -0.000000125. The maximum atomic E-state index is 6.21. The van der Waals surface area contributed by atoms with Gasteiger partial charge in [0.2, 0.25) is 0 Å². The molecule has 0 amide bonds. The summed E-state index contributed by atoms with van der Waals surface area (Å²) in [5, 5.41) is 0. The Morgan fingerprint density at radius 3 is 1.69 bits per heavy atom. The summed E-state index contributed by atoms with van der Waals surface area (Å²) in [4.78, 5) is 0. The van der Waals surface area contributed by atoms with Gasteiger partial charge in [0.1, 0.15) is 0 Å². The van der Waals surface area contributed by atoms with Gasteiger partial charge in [-0.05, 0) is 7.11 Å². The average Bonchev–Trinajstić information content (AvgIpc) is 2.01. The Bertz CT molecular complexity index is 65.1. The molecule has 0 rings (SSSR count). The van der Waals surface area contributed by atoms with E-state index in [1.54, 1.807) is 27.8 Å². The van der Waals surface area contributed by atoms with E-state index in [2.05, 4.69) is 9.47 Å². The van der Waals surface area contributed by atoms with Gasteiger partial charge in [-0.3, -0.25) is 0 Å². The molecule has 0 aromatic carbocycles. The van der Waals surface area contributed by atoms with Crippen molar-refractivity contribution >= 4 is 27.6 Å². The van der Waals surface area contributed by atoms with Gasteiger partial charge < -0.3 is 15.2 Å². The first-order valence-corrected chi connectivity index (χ1v) is 11.8. The minimum atomic E-state index is -2.03. The molecule has 0 aliphatic rings.